The van der Waals surface area contributed by atoms with E-state index in [2.05, 4.69) is 15.0 Å². The third kappa shape index (κ3) is 6.19. The Bertz CT molecular complexity index is 2010. The number of rotatable bonds is 8. The lowest BCUT2D eigenvalue weighted by Gasteiger charge is -2.12. The first-order valence-electron chi connectivity index (χ1n) is 11.2. The summed E-state index contributed by atoms with van der Waals surface area (Å²) in [7, 11) is -13.6. The van der Waals surface area contributed by atoms with Gasteiger partial charge in [0.05, 0.1) is 10.6 Å². The van der Waals surface area contributed by atoms with E-state index in [0.717, 1.165) is 12.1 Å². The van der Waals surface area contributed by atoms with E-state index in [9.17, 15) is 39.5 Å². The van der Waals surface area contributed by atoms with Gasteiger partial charge in [-0.25, -0.2) is 8.42 Å². The maximum atomic E-state index is 12.7. The molecule has 0 aliphatic carbocycles. The van der Waals surface area contributed by atoms with E-state index >= 15 is 0 Å². The number of fused-ring (bicyclic) bond motifs is 1. The first-order chi connectivity index (χ1) is 18.7. The topological polar surface area (TPSA) is 200 Å². The number of sulfonamides is 1. The van der Waals surface area contributed by atoms with Crippen LogP contribution in [0.25, 0.3) is 16.8 Å². The lowest BCUT2D eigenvalue weighted by atomic mass is 10.1. The van der Waals surface area contributed by atoms with Gasteiger partial charge in [-0.05, 0) is 66.4 Å². The van der Waals surface area contributed by atoms with Crippen molar-refractivity contribution in [1.29, 1.82) is 0 Å². The number of nitrogens with zero attached hydrogens (tertiary/aromatic N) is 2. The van der Waals surface area contributed by atoms with E-state index in [-0.39, 0.29) is 32.6 Å². The summed E-state index contributed by atoms with van der Waals surface area (Å²) in [6.07, 6.45) is 2.98. The van der Waals surface area contributed by atoms with Gasteiger partial charge in [0.2, 0.25) is 0 Å². The van der Waals surface area contributed by atoms with Crippen LogP contribution in [0.3, 0.4) is 0 Å². The van der Waals surface area contributed by atoms with Crippen LogP contribution < -0.4 is 4.72 Å². The minimum atomic E-state index is -4.99. The van der Waals surface area contributed by atoms with Crippen molar-refractivity contribution >= 4 is 64.2 Å². The van der Waals surface area contributed by atoms with Crippen molar-refractivity contribution in [3.63, 3.8) is 0 Å². The zero-order valence-corrected chi connectivity index (χ0v) is 22.9. The normalized spacial score (nSPS) is 12.9. The smallest absolute Gasteiger partial charge is 0.296 e. The van der Waals surface area contributed by atoms with E-state index in [1.807, 2.05) is 0 Å². The molecule has 0 heterocycles. The SMILES string of the molecule is C/C=C/c1ccc(N=Nc2c(S(=O)(=O)O)cc3cc(NS(=O)(=O)c4ccccc4)ccc3c2O)cc1S(=O)(=O)O. The number of azo groups is 1. The van der Waals surface area contributed by atoms with Crippen LogP contribution in [0.5, 0.6) is 5.75 Å². The van der Waals surface area contributed by atoms with Crippen molar-refractivity contribution in [2.24, 2.45) is 10.2 Å². The molecule has 0 unspecified atom stereocenters. The second kappa shape index (κ2) is 10.8. The van der Waals surface area contributed by atoms with Gasteiger partial charge in [-0.1, -0.05) is 36.4 Å². The maximum Gasteiger partial charge on any atom is 0.296 e. The van der Waals surface area contributed by atoms with Crippen LogP contribution in [0.15, 0.2) is 104 Å². The molecule has 4 rings (SSSR count). The van der Waals surface area contributed by atoms with E-state index in [0.29, 0.717) is 0 Å². The highest BCUT2D eigenvalue weighted by molar-refractivity contribution is 7.92. The summed E-state index contributed by atoms with van der Waals surface area (Å²) in [6.45, 7) is 1.64. The van der Waals surface area contributed by atoms with Crippen LogP contribution in [0.1, 0.15) is 12.5 Å². The van der Waals surface area contributed by atoms with Gasteiger partial charge in [-0.3, -0.25) is 13.8 Å². The number of anilines is 1. The van der Waals surface area contributed by atoms with Gasteiger partial charge in [-0.15, -0.1) is 5.11 Å². The fourth-order valence-electron chi connectivity index (χ4n) is 3.76. The van der Waals surface area contributed by atoms with Crippen LogP contribution in [-0.2, 0) is 30.3 Å². The highest BCUT2D eigenvalue weighted by Crippen LogP contribution is 2.42. The molecule has 15 heteroatoms. The maximum absolute atomic E-state index is 12.7. The minimum Gasteiger partial charge on any atom is -0.505 e. The largest absolute Gasteiger partial charge is 0.505 e. The van der Waals surface area contributed by atoms with E-state index in [1.165, 1.54) is 48.5 Å². The molecule has 0 bridgehead atoms. The number of benzene rings is 4. The van der Waals surface area contributed by atoms with Crippen molar-refractivity contribution in [3.05, 3.63) is 84.4 Å². The molecule has 0 fully saturated rings. The fraction of sp³-hybridized carbons (Fsp3) is 0.0400. The molecule has 0 radical (unpaired) electrons. The Labute approximate surface area is 229 Å². The van der Waals surface area contributed by atoms with Crippen LogP contribution >= 0.6 is 0 Å². The quantitative estimate of drug-likeness (QED) is 0.153. The third-order valence-electron chi connectivity index (χ3n) is 5.52. The van der Waals surface area contributed by atoms with Gasteiger partial charge in [-0.2, -0.15) is 21.9 Å². The van der Waals surface area contributed by atoms with E-state index in [1.54, 1.807) is 31.2 Å². The average molecular weight is 604 g/mol. The second-order valence-electron chi connectivity index (χ2n) is 8.30. The molecule has 4 aromatic carbocycles. The molecule has 0 aliphatic rings. The van der Waals surface area contributed by atoms with Crippen molar-refractivity contribution in [1.82, 2.24) is 0 Å². The number of hydrogen-bond acceptors (Lipinski definition) is 9. The van der Waals surface area contributed by atoms with Gasteiger partial charge in [0.15, 0.2) is 5.75 Å². The molecule has 0 saturated heterocycles. The summed E-state index contributed by atoms with van der Waals surface area (Å²) in [5.74, 6) is -0.702. The molecule has 0 spiro atoms. The first-order valence-corrected chi connectivity index (χ1v) is 15.6. The number of aromatic hydroxyl groups is 1. The zero-order valence-electron chi connectivity index (χ0n) is 20.5. The Morgan fingerprint density at radius 3 is 2.08 bits per heavy atom. The summed E-state index contributed by atoms with van der Waals surface area (Å²) in [4.78, 5) is -1.33. The second-order valence-corrected chi connectivity index (χ2v) is 12.8. The molecule has 0 aliphatic heterocycles. The highest BCUT2D eigenvalue weighted by Gasteiger charge is 2.23. The molecule has 208 valence electrons. The molecule has 0 atom stereocenters. The predicted octanol–water partition coefficient (Wildman–Crippen LogP) is 5.29. The van der Waals surface area contributed by atoms with Crippen molar-refractivity contribution < 1.29 is 39.5 Å². The van der Waals surface area contributed by atoms with Crippen molar-refractivity contribution in [2.45, 2.75) is 21.6 Å². The minimum absolute atomic E-state index is 0.0109. The van der Waals surface area contributed by atoms with Gasteiger partial charge in [0.1, 0.15) is 15.5 Å². The van der Waals surface area contributed by atoms with Crippen LogP contribution in [-0.4, -0.2) is 39.5 Å². The summed E-state index contributed by atoms with van der Waals surface area (Å²) in [5.41, 5.74) is -0.564. The Morgan fingerprint density at radius 1 is 0.775 bits per heavy atom. The summed E-state index contributed by atoms with van der Waals surface area (Å²) < 4.78 is 95.0. The van der Waals surface area contributed by atoms with Crippen molar-refractivity contribution in [3.8, 4) is 5.75 Å². The molecule has 12 nitrogen and oxygen atoms in total. The Balaban J connectivity index is 1.81. The molecule has 4 N–H and O–H groups in total. The molecule has 0 aromatic heterocycles. The van der Waals surface area contributed by atoms with Gasteiger partial charge in [0.25, 0.3) is 30.3 Å². The fourth-order valence-corrected chi connectivity index (χ4v) is 6.19. The van der Waals surface area contributed by atoms with Crippen LogP contribution in [0.2, 0.25) is 0 Å². The van der Waals surface area contributed by atoms with Crippen LogP contribution in [0, 0.1) is 0 Å². The lowest BCUT2D eigenvalue weighted by Crippen LogP contribution is -2.12. The van der Waals surface area contributed by atoms with E-state index < -0.39 is 51.5 Å². The third-order valence-corrected chi connectivity index (χ3v) is 8.69. The summed E-state index contributed by atoms with van der Waals surface area (Å²) in [6, 6.07) is 16.0. The monoisotopic (exact) mass is 603 g/mol. The molecule has 0 saturated carbocycles. The number of phenols is 1. The van der Waals surface area contributed by atoms with Crippen LogP contribution in [0.4, 0.5) is 17.1 Å². The lowest BCUT2D eigenvalue weighted by molar-refractivity contribution is 0.472. The number of nitrogens with one attached hydrogen (secondary N) is 1. The number of phenolic OH excluding ortho intramolecular Hbond substituents is 1. The highest BCUT2D eigenvalue weighted by atomic mass is 32.2. The van der Waals surface area contributed by atoms with E-state index in [4.69, 9.17) is 0 Å². The standard InChI is InChI=1S/C25H21N3O9S3/c1-2-6-16-9-10-18(15-22(16)39(32,33)34)26-27-24-23(40(35,36)37)14-17-13-19(11-12-21(17)25(24)29)28-38(30,31)20-7-4-3-5-8-20/h2-15,28-29H,1H3,(H,32,33,34)(H,35,36,37)/b6-2+,27-26?. The zero-order chi connectivity index (χ0) is 29.3. The summed E-state index contributed by atoms with van der Waals surface area (Å²) in [5, 5.41) is 18.5. The molecule has 4 aromatic rings. The summed E-state index contributed by atoms with van der Waals surface area (Å²) >= 11 is 0. The van der Waals surface area contributed by atoms with Gasteiger partial charge >= 0.3 is 0 Å². The average Bonchev–Trinajstić information content (AvgIpc) is 2.88. The molecule has 40 heavy (non-hydrogen) atoms. The number of allylic oxidation sites excluding steroid dienone is 1. The molecular formula is C25H21N3O9S3. The Hall–Kier alpha value is -4.15. The molecular weight excluding hydrogens is 582 g/mol. The van der Waals surface area contributed by atoms with Crippen molar-refractivity contribution in [2.75, 3.05) is 4.72 Å². The van der Waals surface area contributed by atoms with Gasteiger partial charge in [0, 0.05) is 11.1 Å². The molecule has 0 amide bonds. The Morgan fingerprint density at radius 2 is 1.45 bits per heavy atom. The first kappa shape index (κ1) is 28.8. The Kier molecular flexibility index (Phi) is 7.78. The number of hydrogen-bond donors (Lipinski definition) is 4. The van der Waals surface area contributed by atoms with Gasteiger partial charge < -0.3 is 5.11 Å². The predicted molar refractivity (Wildman–Crippen MR) is 148 cm³/mol.